The molecule has 1 unspecified atom stereocenters. The summed E-state index contributed by atoms with van der Waals surface area (Å²) in [4.78, 5) is 25.7. The highest BCUT2D eigenvalue weighted by Gasteiger charge is 2.34. The summed E-state index contributed by atoms with van der Waals surface area (Å²) in [6.45, 7) is -0.365. The summed E-state index contributed by atoms with van der Waals surface area (Å²) in [5.74, 6) is -0.0311. The molecule has 0 spiro atoms. The monoisotopic (exact) mass is 443 g/mol. The molecule has 0 bridgehead atoms. The fourth-order valence-corrected chi connectivity index (χ4v) is 4.66. The maximum atomic E-state index is 13.0. The van der Waals surface area contributed by atoms with Gasteiger partial charge in [-0.3, -0.25) is 14.9 Å². The van der Waals surface area contributed by atoms with E-state index in [1.807, 2.05) is 35.0 Å². The minimum absolute atomic E-state index is 0.00322. The number of amides is 1. The zero-order valence-corrected chi connectivity index (χ0v) is 17.5. The zero-order chi connectivity index (χ0) is 21.1. The minimum atomic E-state index is -0.570. The molecular formula is C20H17N3O5S2. The number of nitrogens with zero attached hydrogens (tertiary/aromatic N) is 3. The van der Waals surface area contributed by atoms with Crippen LogP contribution in [0.2, 0.25) is 0 Å². The number of ether oxygens (including phenoxy) is 2. The number of hydrogen-bond acceptors (Lipinski definition) is 8. The molecule has 0 fully saturated rings. The van der Waals surface area contributed by atoms with Crippen molar-refractivity contribution >= 4 is 40.0 Å². The molecule has 0 saturated carbocycles. The Bertz CT molecular complexity index is 1080. The number of thiophene rings is 2. The first-order valence-corrected chi connectivity index (χ1v) is 10.7. The number of hydrazone groups is 1. The first kappa shape index (κ1) is 20.0. The van der Waals surface area contributed by atoms with Crippen LogP contribution in [0.1, 0.15) is 22.2 Å². The lowest BCUT2D eigenvalue weighted by Crippen LogP contribution is -2.31. The van der Waals surface area contributed by atoms with Gasteiger partial charge in [0.25, 0.3) is 5.91 Å². The van der Waals surface area contributed by atoms with Gasteiger partial charge in [0, 0.05) is 11.3 Å². The lowest BCUT2D eigenvalue weighted by Gasteiger charge is -2.20. The predicted octanol–water partition coefficient (Wildman–Crippen LogP) is 4.48. The van der Waals surface area contributed by atoms with E-state index < -0.39 is 4.92 Å². The normalized spacial score (nSPS) is 15.7. The van der Waals surface area contributed by atoms with E-state index in [9.17, 15) is 14.9 Å². The quantitative estimate of drug-likeness (QED) is 0.396. The van der Waals surface area contributed by atoms with E-state index in [0.717, 1.165) is 15.5 Å². The third-order valence-electron chi connectivity index (χ3n) is 4.56. The number of rotatable bonds is 7. The molecule has 0 radical (unpaired) electrons. The Morgan fingerprint density at radius 2 is 2.07 bits per heavy atom. The molecule has 1 aliphatic rings. The number of carbonyl (C=O) groups excluding carboxylic acids is 1. The molecule has 8 nitrogen and oxygen atoms in total. The van der Waals surface area contributed by atoms with Gasteiger partial charge in [0.15, 0.2) is 12.4 Å². The molecule has 1 aromatic carbocycles. The molecule has 4 rings (SSSR count). The average Bonchev–Trinajstić information content (AvgIpc) is 3.52. The van der Waals surface area contributed by atoms with Gasteiger partial charge >= 0.3 is 5.69 Å². The highest BCUT2D eigenvalue weighted by atomic mass is 32.1. The summed E-state index contributed by atoms with van der Waals surface area (Å²) in [6, 6.07) is 11.8. The fraction of sp³-hybridized carbons (Fsp3) is 0.200. The summed E-state index contributed by atoms with van der Waals surface area (Å²) in [6.07, 6.45) is 0.607. The van der Waals surface area contributed by atoms with Crippen molar-refractivity contribution in [2.24, 2.45) is 5.10 Å². The Balaban J connectivity index is 1.54. The van der Waals surface area contributed by atoms with Crippen LogP contribution in [0.4, 0.5) is 5.69 Å². The summed E-state index contributed by atoms with van der Waals surface area (Å²) in [5.41, 5.74) is 0.577. The second-order valence-corrected chi connectivity index (χ2v) is 8.30. The second-order valence-electron chi connectivity index (χ2n) is 6.38. The van der Waals surface area contributed by atoms with Crippen LogP contribution in [0, 0.1) is 10.1 Å². The predicted molar refractivity (Wildman–Crippen MR) is 115 cm³/mol. The van der Waals surface area contributed by atoms with Gasteiger partial charge in [-0.25, -0.2) is 5.01 Å². The van der Waals surface area contributed by atoms with Crippen molar-refractivity contribution in [3.8, 4) is 11.5 Å². The van der Waals surface area contributed by atoms with E-state index in [0.29, 0.717) is 12.2 Å². The third-order valence-corrected chi connectivity index (χ3v) is 6.45. The van der Waals surface area contributed by atoms with Gasteiger partial charge in [-0.1, -0.05) is 12.1 Å². The smallest absolute Gasteiger partial charge is 0.314 e. The highest BCUT2D eigenvalue weighted by Crippen LogP contribution is 2.36. The van der Waals surface area contributed by atoms with Crippen molar-refractivity contribution < 1.29 is 19.2 Å². The van der Waals surface area contributed by atoms with E-state index in [4.69, 9.17) is 9.47 Å². The number of nitro benzene ring substituents is 1. The molecule has 0 aliphatic carbocycles. The topological polar surface area (TPSA) is 94.3 Å². The summed E-state index contributed by atoms with van der Waals surface area (Å²) in [7, 11) is 1.42. The molecule has 0 N–H and O–H groups in total. The maximum Gasteiger partial charge on any atom is 0.314 e. The first-order chi connectivity index (χ1) is 14.6. The molecule has 2 aromatic heterocycles. The molecule has 30 heavy (non-hydrogen) atoms. The maximum absolute atomic E-state index is 13.0. The zero-order valence-electron chi connectivity index (χ0n) is 15.9. The van der Waals surface area contributed by atoms with Gasteiger partial charge in [0.1, 0.15) is 5.75 Å². The Kier molecular flexibility index (Phi) is 5.77. The number of methoxy groups -OCH3 is 1. The van der Waals surface area contributed by atoms with Crippen molar-refractivity contribution in [2.75, 3.05) is 13.7 Å². The van der Waals surface area contributed by atoms with Crippen LogP contribution < -0.4 is 9.47 Å². The van der Waals surface area contributed by atoms with Crippen molar-refractivity contribution in [2.45, 2.75) is 12.5 Å². The lowest BCUT2D eigenvalue weighted by molar-refractivity contribution is -0.385. The van der Waals surface area contributed by atoms with Gasteiger partial charge in [-0.15, -0.1) is 22.7 Å². The first-order valence-electron chi connectivity index (χ1n) is 8.99. The van der Waals surface area contributed by atoms with E-state index in [1.165, 1.54) is 24.3 Å². The van der Waals surface area contributed by atoms with Crippen LogP contribution in [0.15, 0.2) is 58.3 Å². The van der Waals surface area contributed by atoms with Crippen LogP contribution in [0.25, 0.3) is 0 Å². The molecule has 10 heteroatoms. The number of carbonyl (C=O) groups is 1. The van der Waals surface area contributed by atoms with Gasteiger partial charge in [-0.05, 0) is 35.0 Å². The van der Waals surface area contributed by atoms with Crippen molar-refractivity contribution in [3.63, 3.8) is 0 Å². The minimum Gasteiger partial charge on any atom is -0.496 e. The van der Waals surface area contributed by atoms with E-state index in [1.54, 1.807) is 28.7 Å². The van der Waals surface area contributed by atoms with Gasteiger partial charge in [0.2, 0.25) is 0 Å². The molecule has 1 aliphatic heterocycles. The van der Waals surface area contributed by atoms with Crippen molar-refractivity contribution in [3.05, 3.63) is 73.1 Å². The summed E-state index contributed by atoms with van der Waals surface area (Å²) in [5, 5.41) is 21.2. The molecule has 3 heterocycles. The van der Waals surface area contributed by atoms with E-state index >= 15 is 0 Å². The fourth-order valence-electron chi connectivity index (χ4n) is 3.13. The molecular weight excluding hydrogens is 426 g/mol. The standard InChI is InChI=1S/C20H17N3O5S2/c1-27-13-6-7-17(15(10-13)23(25)26)28-12-20(24)22-16(19-5-3-9-30-19)11-14(21-22)18-4-2-8-29-18/h2-10,16H,11-12H2,1H3. The van der Waals surface area contributed by atoms with E-state index in [2.05, 4.69) is 5.10 Å². The highest BCUT2D eigenvalue weighted by molar-refractivity contribution is 7.12. The van der Waals surface area contributed by atoms with Crippen LogP contribution in [-0.4, -0.2) is 35.3 Å². The second kappa shape index (κ2) is 8.64. The van der Waals surface area contributed by atoms with Crippen molar-refractivity contribution in [1.82, 2.24) is 5.01 Å². The molecule has 1 atom stereocenters. The SMILES string of the molecule is COc1ccc(OCC(=O)N2N=C(c3cccs3)CC2c2cccs2)c([N+](=O)[O-])c1. The van der Waals surface area contributed by atoms with Crippen LogP contribution in [0.5, 0.6) is 11.5 Å². The van der Waals surface area contributed by atoms with Crippen LogP contribution in [-0.2, 0) is 4.79 Å². The van der Waals surface area contributed by atoms with Crippen LogP contribution in [0.3, 0.4) is 0 Å². The van der Waals surface area contributed by atoms with Gasteiger partial charge < -0.3 is 9.47 Å². The van der Waals surface area contributed by atoms with Gasteiger partial charge in [-0.2, -0.15) is 5.10 Å². The Labute approximate surface area is 180 Å². The summed E-state index contributed by atoms with van der Waals surface area (Å²) >= 11 is 3.13. The average molecular weight is 444 g/mol. The van der Waals surface area contributed by atoms with Crippen molar-refractivity contribution in [1.29, 1.82) is 0 Å². The number of nitro groups is 1. The number of benzene rings is 1. The lowest BCUT2D eigenvalue weighted by atomic mass is 10.1. The molecule has 3 aromatic rings. The Morgan fingerprint density at radius 3 is 2.73 bits per heavy atom. The third kappa shape index (κ3) is 4.05. The molecule has 1 amide bonds. The summed E-state index contributed by atoms with van der Waals surface area (Å²) < 4.78 is 10.5. The number of hydrogen-bond donors (Lipinski definition) is 0. The molecule has 0 saturated heterocycles. The van der Waals surface area contributed by atoms with E-state index in [-0.39, 0.29) is 30.0 Å². The Hall–Kier alpha value is -3.24. The Morgan fingerprint density at radius 1 is 1.27 bits per heavy atom. The largest absolute Gasteiger partial charge is 0.496 e. The molecule has 154 valence electrons. The van der Waals surface area contributed by atoms with Crippen LogP contribution >= 0.6 is 22.7 Å². The van der Waals surface area contributed by atoms with Gasteiger partial charge in [0.05, 0.1) is 34.7 Å².